The Bertz CT molecular complexity index is 1540. The van der Waals surface area contributed by atoms with Crippen LogP contribution >= 0.6 is 45.5 Å². The summed E-state index contributed by atoms with van der Waals surface area (Å²) in [5, 5.41) is 3.95. The van der Waals surface area contributed by atoms with Crippen LogP contribution in [0.3, 0.4) is 0 Å². The van der Waals surface area contributed by atoms with Crippen LogP contribution in [0.5, 0.6) is 0 Å². The van der Waals surface area contributed by atoms with Gasteiger partial charge in [-0.15, -0.1) is 11.3 Å². The van der Waals surface area contributed by atoms with E-state index in [9.17, 15) is 14.4 Å². The predicted molar refractivity (Wildman–Crippen MR) is 145 cm³/mol. The number of fused-ring (bicyclic) bond motifs is 3. The first-order chi connectivity index (χ1) is 16.4. The van der Waals surface area contributed by atoms with Crippen molar-refractivity contribution in [2.24, 2.45) is 0 Å². The lowest BCUT2D eigenvalue weighted by Gasteiger charge is -2.14. The van der Waals surface area contributed by atoms with Gasteiger partial charge >= 0.3 is 5.69 Å². The van der Waals surface area contributed by atoms with Crippen LogP contribution in [0.15, 0.2) is 58.1 Å². The summed E-state index contributed by atoms with van der Waals surface area (Å²) in [6.45, 7) is -0.126. The van der Waals surface area contributed by atoms with Crippen molar-refractivity contribution in [1.82, 2.24) is 9.13 Å². The molecule has 34 heavy (non-hydrogen) atoms. The summed E-state index contributed by atoms with van der Waals surface area (Å²) < 4.78 is 3.56. The number of thiophene rings is 1. The van der Waals surface area contributed by atoms with E-state index in [1.165, 1.54) is 20.5 Å². The summed E-state index contributed by atoms with van der Waals surface area (Å²) in [5.74, 6) is -0.318. The molecule has 0 atom stereocenters. The van der Waals surface area contributed by atoms with E-state index in [1.54, 1.807) is 18.2 Å². The van der Waals surface area contributed by atoms with Gasteiger partial charge in [-0.2, -0.15) is 0 Å². The third kappa shape index (κ3) is 4.34. The second-order valence-electron chi connectivity index (χ2n) is 8.27. The Morgan fingerprint density at radius 1 is 1.03 bits per heavy atom. The van der Waals surface area contributed by atoms with Gasteiger partial charge in [-0.05, 0) is 77.6 Å². The zero-order chi connectivity index (χ0) is 23.8. The number of carbonyl (C=O) groups is 1. The number of benzene rings is 2. The summed E-state index contributed by atoms with van der Waals surface area (Å²) in [6.07, 6.45) is 3.77. The van der Waals surface area contributed by atoms with E-state index in [0.717, 1.165) is 39.7 Å². The van der Waals surface area contributed by atoms with Crippen LogP contribution in [-0.4, -0.2) is 15.0 Å². The molecule has 1 N–H and O–H groups in total. The highest BCUT2D eigenvalue weighted by molar-refractivity contribution is 14.1. The topological polar surface area (TPSA) is 73.1 Å². The van der Waals surface area contributed by atoms with Gasteiger partial charge in [0.2, 0.25) is 5.91 Å². The Morgan fingerprint density at radius 3 is 2.56 bits per heavy atom. The largest absolute Gasteiger partial charge is 0.332 e. The first kappa shape index (κ1) is 23.3. The van der Waals surface area contributed by atoms with Gasteiger partial charge in [0.25, 0.3) is 5.56 Å². The number of nitrogens with zero attached hydrogens (tertiary/aromatic N) is 2. The van der Waals surface area contributed by atoms with Gasteiger partial charge in [-0.25, -0.2) is 4.79 Å². The molecule has 1 aliphatic carbocycles. The number of para-hydroxylation sites is 1. The fourth-order valence-electron chi connectivity index (χ4n) is 4.39. The van der Waals surface area contributed by atoms with Gasteiger partial charge in [0.05, 0.1) is 17.6 Å². The molecule has 174 valence electrons. The number of anilines is 1. The lowest BCUT2D eigenvalue weighted by Crippen LogP contribution is -2.41. The van der Waals surface area contributed by atoms with Gasteiger partial charge < -0.3 is 5.32 Å². The monoisotopic (exact) mass is 605 g/mol. The van der Waals surface area contributed by atoms with Gasteiger partial charge in [0, 0.05) is 13.5 Å². The van der Waals surface area contributed by atoms with Crippen molar-refractivity contribution in [3.8, 4) is 0 Å². The second-order valence-corrected chi connectivity index (χ2v) is 10.9. The maximum absolute atomic E-state index is 13.6. The number of carbonyl (C=O) groups excluding carboxylic acids is 1. The maximum atomic E-state index is 13.6. The quantitative estimate of drug-likeness (QED) is 0.324. The van der Waals surface area contributed by atoms with Crippen LogP contribution in [0.25, 0.3) is 10.2 Å². The Kier molecular flexibility index (Phi) is 6.63. The second kappa shape index (κ2) is 9.67. The summed E-state index contributed by atoms with van der Waals surface area (Å²) in [5.41, 5.74) is 1.58. The highest BCUT2D eigenvalue weighted by atomic mass is 127. The minimum absolute atomic E-state index is 0.0517. The molecule has 1 amide bonds. The van der Waals surface area contributed by atoms with Gasteiger partial charge in [0.1, 0.15) is 11.4 Å². The molecule has 0 aliphatic heterocycles. The standard InChI is InChI=1S/C25H21ClIN3O3S/c26-17-9-3-1-7-15(17)13-29-23(32)22-16-8-2-6-12-20(16)34-24(22)30(25(29)33)14-21(31)28-19-11-5-4-10-18(19)27/h1,3-5,7,9-11H,2,6,8,12-14H2,(H,28,31). The highest BCUT2D eigenvalue weighted by Gasteiger charge is 2.25. The van der Waals surface area contributed by atoms with E-state index in [2.05, 4.69) is 27.9 Å². The molecule has 0 bridgehead atoms. The zero-order valence-electron chi connectivity index (χ0n) is 18.1. The number of hydrogen-bond donors (Lipinski definition) is 1. The summed E-state index contributed by atoms with van der Waals surface area (Å²) in [6, 6.07) is 14.6. The maximum Gasteiger partial charge on any atom is 0.332 e. The fourth-order valence-corrected chi connectivity index (χ4v) is 6.48. The molecule has 0 spiro atoms. The van der Waals surface area contributed by atoms with Gasteiger partial charge in [-0.3, -0.25) is 18.7 Å². The normalized spacial score (nSPS) is 13.1. The average Bonchev–Trinajstić information content (AvgIpc) is 3.22. The molecule has 0 saturated carbocycles. The lowest BCUT2D eigenvalue weighted by molar-refractivity contribution is -0.116. The van der Waals surface area contributed by atoms with Crippen molar-refractivity contribution in [3.63, 3.8) is 0 Å². The van der Waals surface area contributed by atoms with Crippen molar-refractivity contribution in [3.05, 3.63) is 94.0 Å². The molecular formula is C25H21ClIN3O3S. The summed E-state index contributed by atoms with van der Waals surface area (Å²) >= 11 is 9.96. The molecule has 6 nitrogen and oxygen atoms in total. The lowest BCUT2D eigenvalue weighted by atomic mass is 9.97. The van der Waals surface area contributed by atoms with Crippen molar-refractivity contribution in [2.45, 2.75) is 38.8 Å². The molecule has 2 heterocycles. The minimum atomic E-state index is -0.506. The first-order valence-corrected chi connectivity index (χ1v) is 13.3. The van der Waals surface area contributed by atoms with Gasteiger partial charge in [-0.1, -0.05) is 41.9 Å². The van der Waals surface area contributed by atoms with Crippen LogP contribution in [0.2, 0.25) is 5.02 Å². The Labute approximate surface area is 218 Å². The molecule has 0 unspecified atom stereocenters. The van der Waals surface area contributed by atoms with E-state index in [1.807, 2.05) is 30.3 Å². The molecule has 5 rings (SSSR count). The van der Waals surface area contributed by atoms with Crippen LogP contribution in [0.4, 0.5) is 5.69 Å². The predicted octanol–water partition coefficient (Wildman–Crippen LogP) is 5.05. The number of aromatic nitrogens is 2. The van der Waals surface area contributed by atoms with Crippen LogP contribution in [-0.2, 0) is 30.7 Å². The zero-order valence-corrected chi connectivity index (χ0v) is 21.9. The molecule has 0 saturated heterocycles. The van der Waals surface area contributed by atoms with E-state index in [0.29, 0.717) is 26.5 Å². The Morgan fingerprint density at radius 2 is 1.76 bits per heavy atom. The molecule has 1 aliphatic rings. The van der Waals surface area contributed by atoms with Crippen molar-refractivity contribution >= 4 is 67.3 Å². The molecule has 0 fully saturated rings. The molecule has 2 aromatic heterocycles. The van der Waals surface area contributed by atoms with Crippen molar-refractivity contribution < 1.29 is 4.79 Å². The third-order valence-corrected chi connectivity index (χ3v) is 8.68. The minimum Gasteiger partial charge on any atom is -0.324 e. The SMILES string of the molecule is O=C(Cn1c(=O)n(Cc2ccccc2Cl)c(=O)c2c3c(sc21)CCCC3)Nc1ccccc1I. The summed E-state index contributed by atoms with van der Waals surface area (Å²) in [4.78, 5) is 41.9. The highest BCUT2D eigenvalue weighted by Crippen LogP contribution is 2.34. The van der Waals surface area contributed by atoms with Crippen molar-refractivity contribution in [2.75, 3.05) is 5.32 Å². The van der Waals surface area contributed by atoms with Crippen LogP contribution < -0.4 is 16.6 Å². The fraction of sp³-hybridized carbons (Fsp3) is 0.240. The van der Waals surface area contributed by atoms with Gasteiger partial charge in [0.15, 0.2) is 0 Å². The smallest absolute Gasteiger partial charge is 0.324 e. The molecule has 4 aromatic rings. The first-order valence-electron chi connectivity index (χ1n) is 11.0. The van der Waals surface area contributed by atoms with E-state index in [-0.39, 0.29) is 24.6 Å². The number of hydrogen-bond acceptors (Lipinski definition) is 4. The van der Waals surface area contributed by atoms with E-state index in [4.69, 9.17) is 11.6 Å². The van der Waals surface area contributed by atoms with E-state index < -0.39 is 5.69 Å². The molecular weight excluding hydrogens is 585 g/mol. The number of nitrogens with one attached hydrogen (secondary N) is 1. The number of rotatable bonds is 5. The number of halogens is 2. The molecule has 9 heteroatoms. The Hall–Kier alpha value is -2.43. The Balaban J connectivity index is 1.64. The average molecular weight is 606 g/mol. The van der Waals surface area contributed by atoms with E-state index >= 15 is 0 Å². The third-order valence-electron chi connectivity index (χ3n) is 6.05. The van der Waals surface area contributed by atoms with Crippen LogP contribution in [0.1, 0.15) is 28.8 Å². The molecule has 0 radical (unpaired) electrons. The summed E-state index contributed by atoms with van der Waals surface area (Å²) in [7, 11) is 0. The van der Waals surface area contributed by atoms with Crippen molar-refractivity contribution in [1.29, 1.82) is 0 Å². The number of aryl methyl sites for hydroxylation is 2. The number of amides is 1. The van der Waals surface area contributed by atoms with Crippen LogP contribution in [0, 0.1) is 3.57 Å². The molecule has 2 aromatic carbocycles.